The van der Waals surface area contributed by atoms with Crippen LogP contribution in [0.2, 0.25) is 0 Å². The number of pyridine rings is 1. The molecule has 0 amide bonds. The maximum absolute atomic E-state index is 13.3. The Morgan fingerprint density at radius 3 is 2.63 bits per heavy atom. The van der Waals surface area contributed by atoms with E-state index in [0.717, 1.165) is 13.3 Å². The zero-order chi connectivity index (χ0) is 14.2. The zero-order valence-electron chi connectivity index (χ0n) is 9.48. The van der Waals surface area contributed by atoms with Gasteiger partial charge in [-0.15, -0.1) is 10.2 Å². The van der Waals surface area contributed by atoms with E-state index >= 15 is 0 Å². The van der Waals surface area contributed by atoms with Gasteiger partial charge in [0, 0.05) is 6.20 Å². The lowest BCUT2D eigenvalue weighted by molar-refractivity contribution is -0.141. The van der Waals surface area contributed by atoms with Crippen LogP contribution in [0, 0.1) is 0 Å². The molecule has 0 saturated carbocycles. The number of aromatic nitrogens is 3. The number of ether oxygens (including phenoxy) is 1. The Balaban J connectivity index is 2.61. The molecule has 0 aliphatic rings. The molecule has 5 nitrogen and oxygen atoms in total. The van der Waals surface area contributed by atoms with E-state index in [1.54, 1.807) is 0 Å². The highest BCUT2D eigenvalue weighted by molar-refractivity contribution is 5.89. The number of esters is 1. The van der Waals surface area contributed by atoms with Crippen LogP contribution >= 0.6 is 0 Å². The smallest absolute Gasteiger partial charge is 0.366 e. The van der Waals surface area contributed by atoms with Gasteiger partial charge >= 0.3 is 18.3 Å². The van der Waals surface area contributed by atoms with Crippen molar-refractivity contribution in [2.24, 2.45) is 0 Å². The average molecular weight is 277 g/mol. The summed E-state index contributed by atoms with van der Waals surface area (Å²) in [6.07, 6.45) is -3.01. The molecule has 19 heavy (non-hydrogen) atoms. The summed E-state index contributed by atoms with van der Waals surface area (Å²) in [4.78, 5) is 11.3. The first-order chi connectivity index (χ1) is 8.87. The zero-order valence-corrected chi connectivity index (χ0v) is 9.48. The molecule has 2 rings (SSSR count). The third-order valence-corrected chi connectivity index (χ3v) is 2.40. The van der Waals surface area contributed by atoms with Crippen molar-refractivity contribution in [2.75, 3.05) is 7.11 Å². The lowest BCUT2D eigenvalue weighted by Gasteiger charge is -2.13. The molecule has 2 aromatic rings. The Hall–Kier alpha value is -2.19. The number of methoxy groups -OCH3 is 1. The monoisotopic (exact) mass is 277 g/mol. The number of alkyl halides is 4. The topological polar surface area (TPSA) is 56.5 Å². The van der Waals surface area contributed by atoms with Crippen molar-refractivity contribution in [3.63, 3.8) is 0 Å². The minimum atomic E-state index is -4.46. The maximum Gasteiger partial charge on any atom is 0.366 e. The van der Waals surface area contributed by atoms with Crippen LogP contribution in [0.3, 0.4) is 0 Å². The van der Waals surface area contributed by atoms with Crippen LogP contribution in [-0.2, 0) is 10.7 Å². The number of halogens is 4. The van der Waals surface area contributed by atoms with Crippen molar-refractivity contribution in [1.29, 1.82) is 0 Å². The molecular formula is C10H7F4N3O2. The van der Waals surface area contributed by atoms with Gasteiger partial charge in [-0.3, -0.25) is 4.40 Å². The van der Waals surface area contributed by atoms with Gasteiger partial charge in [0.15, 0.2) is 5.65 Å². The van der Waals surface area contributed by atoms with Crippen LogP contribution in [0.4, 0.5) is 17.6 Å². The number of carbonyl (C=O) groups is 1. The Morgan fingerprint density at radius 1 is 1.37 bits per heavy atom. The first-order valence-electron chi connectivity index (χ1n) is 4.97. The van der Waals surface area contributed by atoms with Gasteiger partial charge in [0.2, 0.25) is 5.82 Å². The number of rotatable bonds is 3. The highest BCUT2D eigenvalue weighted by atomic mass is 19.3. The highest BCUT2D eigenvalue weighted by Crippen LogP contribution is 2.33. The quantitative estimate of drug-likeness (QED) is 0.635. The lowest BCUT2D eigenvalue weighted by Crippen LogP contribution is -2.26. The molecule has 2 aromatic heterocycles. The van der Waals surface area contributed by atoms with Crippen molar-refractivity contribution in [3.8, 4) is 0 Å². The molecule has 0 saturated heterocycles. The van der Waals surface area contributed by atoms with Crippen LogP contribution < -0.4 is 0 Å². The van der Waals surface area contributed by atoms with Crippen LogP contribution in [0.1, 0.15) is 16.2 Å². The molecule has 0 N–H and O–H groups in total. The van der Waals surface area contributed by atoms with E-state index in [-0.39, 0.29) is 11.2 Å². The summed E-state index contributed by atoms with van der Waals surface area (Å²) in [5.41, 5.74) is -0.163. The number of fused-ring (bicyclic) bond motifs is 1. The predicted octanol–water partition coefficient (Wildman–Crippen LogP) is 1.87. The molecule has 0 unspecified atom stereocenters. The third kappa shape index (κ3) is 2.11. The predicted molar refractivity (Wildman–Crippen MR) is 54.2 cm³/mol. The maximum atomic E-state index is 13.3. The average Bonchev–Trinajstić information content (AvgIpc) is 2.80. The van der Waals surface area contributed by atoms with Crippen molar-refractivity contribution in [3.05, 3.63) is 29.7 Å². The molecular weight excluding hydrogens is 270 g/mol. The molecule has 102 valence electrons. The van der Waals surface area contributed by atoms with Crippen molar-refractivity contribution >= 4 is 11.6 Å². The normalized spacial score (nSPS) is 12.1. The van der Waals surface area contributed by atoms with E-state index < -0.39 is 24.1 Å². The van der Waals surface area contributed by atoms with Crippen LogP contribution in [0.25, 0.3) is 5.65 Å². The molecule has 0 radical (unpaired) electrons. The van der Waals surface area contributed by atoms with E-state index in [9.17, 15) is 22.4 Å². The molecule has 0 aliphatic carbocycles. The van der Waals surface area contributed by atoms with Crippen LogP contribution in [-0.4, -0.2) is 34.1 Å². The second-order valence-corrected chi connectivity index (χ2v) is 3.58. The van der Waals surface area contributed by atoms with Crippen molar-refractivity contribution < 1.29 is 27.1 Å². The fourth-order valence-corrected chi connectivity index (χ4v) is 1.45. The summed E-state index contributed by atoms with van der Waals surface area (Å²) >= 11 is 0. The van der Waals surface area contributed by atoms with E-state index in [1.807, 2.05) is 0 Å². The Labute approximate surface area is 103 Å². The van der Waals surface area contributed by atoms with Crippen LogP contribution in [0.15, 0.2) is 18.3 Å². The minimum Gasteiger partial charge on any atom is -0.465 e. The van der Waals surface area contributed by atoms with Crippen molar-refractivity contribution in [2.45, 2.75) is 12.3 Å². The van der Waals surface area contributed by atoms with E-state index in [4.69, 9.17) is 0 Å². The van der Waals surface area contributed by atoms with Gasteiger partial charge in [0.1, 0.15) is 0 Å². The van der Waals surface area contributed by atoms with Crippen molar-refractivity contribution in [1.82, 2.24) is 14.6 Å². The Bertz CT molecular complexity index is 626. The van der Waals surface area contributed by atoms with Gasteiger partial charge in [-0.1, -0.05) is 0 Å². The molecule has 0 spiro atoms. The van der Waals surface area contributed by atoms with E-state index in [1.165, 1.54) is 12.1 Å². The molecule has 0 fully saturated rings. The van der Waals surface area contributed by atoms with Gasteiger partial charge in [-0.2, -0.15) is 8.78 Å². The minimum absolute atomic E-state index is 0.0806. The highest BCUT2D eigenvalue weighted by Gasteiger charge is 2.47. The number of hydrogen-bond donors (Lipinski definition) is 0. The SMILES string of the molecule is COC(=O)c1ccc2nnc(C(F)(F)C(F)F)n2c1. The fourth-order valence-electron chi connectivity index (χ4n) is 1.45. The van der Waals surface area contributed by atoms with Gasteiger partial charge in [0.25, 0.3) is 0 Å². The van der Waals surface area contributed by atoms with Crippen LogP contribution in [0.5, 0.6) is 0 Å². The van der Waals surface area contributed by atoms with E-state index in [0.29, 0.717) is 4.40 Å². The summed E-state index contributed by atoms with van der Waals surface area (Å²) in [5.74, 6) is -6.49. The van der Waals surface area contributed by atoms with E-state index in [2.05, 4.69) is 14.9 Å². The van der Waals surface area contributed by atoms with Gasteiger partial charge < -0.3 is 4.74 Å². The second kappa shape index (κ2) is 4.48. The summed E-state index contributed by atoms with van der Waals surface area (Å²) in [6.45, 7) is 0. The standard InChI is InChI=1S/C10H7F4N3O2/c1-19-7(18)5-2-3-6-15-16-9(17(6)4-5)10(13,14)8(11)12/h2-4,8H,1H3. The second-order valence-electron chi connectivity index (χ2n) is 3.58. The Kier molecular flexibility index (Phi) is 3.13. The number of carbonyl (C=O) groups excluding carboxylic acids is 1. The van der Waals surface area contributed by atoms with Gasteiger partial charge in [0.05, 0.1) is 12.7 Å². The van der Waals surface area contributed by atoms with Gasteiger partial charge in [-0.05, 0) is 12.1 Å². The number of nitrogens with zero attached hydrogens (tertiary/aromatic N) is 3. The molecule has 2 heterocycles. The summed E-state index contributed by atoms with van der Waals surface area (Å²) < 4.78 is 56.2. The Morgan fingerprint density at radius 2 is 2.05 bits per heavy atom. The lowest BCUT2D eigenvalue weighted by atomic mass is 10.2. The summed E-state index contributed by atoms with van der Waals surface area (Å²) in [5, 5.41) is 6.39. The molecule has 0 atom stereocenters. The first kappa shape index (κ1) is 13.2. The molecule has 9 heteroatoms. The largest absolute Gasteiger partial charge is 0.465 e. The fraction of sp³-hybridized carbons (Fsp3) is 0.300. The summed E-state index contributed by atoms with van der Waals surface area (Å²) in [6, 6.07) is 2.46. The molecule has 0 aromatic carbocycles. The molecule has 0 aliphatic heterocycles. The first-order valence-corrected chi connectivity index (χ1v) is 4.97. The number of hydrogen-bond acceptors (Lipinski definition) is 4. The molecule has 0 bridgehead atoms. The third-order valence-electron chi connectivity index (χ3n) is 2.40. The summed E-state index contributed by atoms with van der Waals surface area (Å²) in [7, 11) is 1.10. The van der Waals surface area contributed by atoms with Gasteiger partial charge in [-0.25, -0.2) is 13.6 Å².